The number of amides is 9. The molecule has 1 saturated heterocycles. The summed E-state index contributed by atoms with van der Waals surface area (Å²) in [5.41, 5.74) is 1.92. The van der Waals surface area contributed by atoms with Crippen molar-refractivity contribution in [1.82, 2.24) is 47.1 Å². The Balaban J connectivity index is 1.37. The van der Waals surface area contributed by atoms with Gasteiger partial charge in [0.15, 0.2) is 0 Å². The molecule has 21 heteroatoms. The van der Waals surface area contributed by atoms with Gasteiger partial charge >= 0.3 is 6.09 Å². The van der Waals surface area contributed by atoms with E-state index >= 15 is 0 Å². The van der Waals surface area contributed by atoms with Crippen molar-refractivity contribution in [3.63, 3.8) is 0 Å². The van der Waals surface area contributed by atoms with Crippen molar-refractivity contribution >= 4 is 59.0 Å². The molecule has 1 aliphatic rings. The van der Waals surface area contributed by atoms with Gasteiger partial charge in [0.2, 0.25) is 47.3 Å². The van der Waals surface area contributed by atoms with Crippen molar-refractivity contribution in [1.29, 1.82) is 0 Å². The molecule has 5 atom stereocenters. The molecule has 2 aromatic carbocycles. The molecule has 2 heterocycles. The molecular weight excluding hydrogens is 1130 g/mol. The summed E-state index contributed by atoms with van der Waals surface area (Å²) in [6, 6.07) is 15.1. The van der Waals surface area contributed by atoms with Crippen LogP contribution in [0, 0.1) is 11.8 Å². The third-order valence-electron chi connectivity index (χ3n) is 14.7. The number of rotatable bonds is 37. The number of ether oxygens (including phenoxy) is 2. The summed E-state index contributed by atoms with van der Waals surface area (Å²) in [6.07, 6.45) is 13.8. The minimum atomic E-state index is -1.22. The van der Waals surface area contributed by atoms with Crippen molar-refractivity contribution in [2.45, 2.75) is 233 Å². The first-order valence-corrected chi connectivity index (χ1v) is 32.2. The Morgan fingerprint density at radius 2 is 1.19 bits per heavy atom. The molecule has 1 aliphatic heterocycles. The van der Waals surface area contributed by atoms with Gasteiger partial charge in [-0.2, -0.15) is 0 Å². The van der Waals surface area contributed by atoms with Crippen LogP contribution in [0.3, 0.4) is 0 Å². The van der Waals surface area contributed by atoms with Gasteiger partial charge in [-0.1, -0.05) is 115 Å². The number of carbonyl (C=O) groups is 9. The van der Waals surface area contributed by atoms with Crippen LogP contribution in [-0.4, -0.2) is 131 Å². The number of hydrogen-bond acceptors (Lipinski definition) is 12. The van der Waals surface area contributed by atoms with Gasteiger partial charge in [0.05, 0.1) is 6.54 Å². The Labute approximate surface area is 528 Å². The van der Waals surface area contributed by atoms with E-state index in [0.717, 1.165) is 75.5 Å². The van der Waals surface area contributed by atoms with E-state index in [2.05, 4.69) is 47.5 Å². The number of hydrogen-bond donors (Lipinski definition) is 8. The maximum absolute atomic E-state index is 14.7. The lowest BCUT2D eigenvalue weighted by Crippen LogP contribution is -2.58. The number of carbonyl (C=O) groups excluding carboxylic acids is 9. The zero-order valence-corrected chi connectivity index (χ0v) is 54.9. The van der Waals surface area contributed by atoms with Crippen molar-refractivity contribution in [3.8, 4) is 5.75 Å². The van der Waals surface area contributed by atoms with Crippen LogP contribution in [0.15, 0.2) is 72.9 Å². The summed E-state index contributed by atoms with van der Waals surface area (Å²) >= 11 is 0. The highest BCUT2D eigenvalue weighted by Gasteiger charge is 2.36. The van der Waals surface area contributed by atoms with Gasteiger partial charge in [-0.15, -0.1) is 0 Å². The first-order valence-electron chi connectivity index (χ1n) is 32.2. The number of alkyl carbamates (subject to hydrolysis) is 1. The highest BCUT2D eigenvalue weighted by molar-refractivity contribution is 5.99. The quantitative estimate of drug-likeness (QED) is 0.0253. The summed E-state index contributed by atoms with van der Waals surface area (Å²) in [7, 11) is 0. The summed E-state index contributed by atoms with van der Waals surface area (Å²) in [5, 5.41) is 22.6. The predicted molar refractivity (Wildman–Crippen MR) is 345 cm³/mol. The molecule has 9 amide bonds. The van der Waals surface area contributed by atoms with E-state index < -0.39 is 89.5 Å². The van der Waals surface area contributed by atoms with E-state index in [0.29, 0.717) is 62.3 Å². The van der Waals surface area contributed by atoms with Gasteiger partial charge in [-0.3, -0.25) is 43.3 Å². The third-order valence-corrected chi connectivity index (χ3v) is 14.7. The topological polar surface area (TPSA) is 284 Å². The van der Waals surface area contributed by atoms with Gasteiger partial charge in [0.25, 0.3) is 0 Å². The molecule has 1 fully saturated rings. The first kappa shape index (κ1) is 73.9. The van der Waals surface area contributed by atoms with E-state index in [4.69, 9.17) is 9.47 Å². The third kappa shape index (κ3) is 30.5. The van der Waals surface area contributed by atoms with Crippen molar-refractivity contribution in [2.75, 3.05) is 31.5 Å². The molecule has 8 N–H and O–H groups in total. The minimum absolute atomic E-state index is 0.00759. The SMILES string of the molecule is CC(=O)N1CCC[C@H]1C(=O)N[C@@H](CC(C)C)C(=O)NCC(=O)N[C@@H](CCc1ccccc1)C(=O)N[C@@H](Cc1ccc(OC(C)(C)C)cc1)C(=O)N[C@@H](CC(C)C)C(=O)Nc1ccnc(CCCCCCCCCCCC(=O)NCCNC(=O)OC(C)(C)C)c1. The molecule has 0 spiro atoms. The second kappa shape index (κ2) is 38.1. The Bertz CT molecular complexity index is 2730. The predicted octanol–water partition coefficient (Wildman–Crippen LogP) is 8.32. The average Bonchev–Trinajstić information content (AvgIpc) is 2.55. The average molecular weight is 1240 g/mol. The molecule has 3 aromatic rings. The molecular formula is C68H104N10O11. The van der Waals surface area contributed by atoms with Crippen LogP contribution >= 0.6 is 0 Å². The molecule has 0 saturated carbocycles. The lowest BCUT2D eigenvalue weighted by atomic mass is 10.00. The molecule has 0 radical (unpaired) electrons. The van der Waals surface area contributed by atoms with Gasteiger partial charge in [-0.05, 0) is 147 Å². The van der Waals surface area contributed by atoms with Gasteiger partial charge in [-0.25, -0.2) is 4.79 Å². The molecule has 4 rings (SSSR count). The van der Waals surface area contributed by atoms with Crippen LogP contribution < -0.4 is 47.3 Å². The van der Waals surface area contributed by atoms with Crippen LogP contribution in [0.25, 0.3) is 0 Å². The van der Waals surface area contributed by atoms with Gasteiger partial charge in [0, 0.05) is 57.0 Å². The van der Waals surface area contributed by atoms with Crippen molar-refractivity contribution in [2.24, 2.45) is 11.8 Å². The Morgan fingerprint density at radius 3 is 1.81 bits per heavy atom. The van der Waals surface area contributed by atoms with E-state index in [9.17, 15) is 43.2 Å². The molecule has 21 nitrogen and oxygen atoms in total. The van der Waals surface area contributed by atoms with E-state index in [1.165, 1.54) is 11.8 Å². The summed E-state index contributed by atoms with van der Waals surface area (Å²) in [5.74, 6) is -3.08. The number of anilines is 1. The lowest BCUT2D eigenvalue weighted by molar-refractivity contribution is -0.138. The highest BCUT2D eigenvalue weighted by Crippen LogP contribution is 2.22. The minimum Gasteiger partial charge on any atom is -0.488 e. The number of benzene rings is 2. The largest absolute Gasteiger partial charge is 0.488 e. The van der Waals surface area contributed by atoms with E-state index in [1.54, 1.807) is 45.2 Å². The normalized spacial score (nSPS) is 14.6. The smallest absolute Gasteiger partial charge is 0.407 e. The monoisotopic (exact) mass is 1240 g/mol. The van der Waals surface area contributed by atoms with E-state index in [1.807, 2.05) is 97.0 Å². The highest BCUT2D eigenvalue weighted by atomic mass is 16.6. The van der Waals surface area contributed by atoms with Crippen LogP contribution in [0.4, 0.5) is 10.5 Å². The number of nitrogens with one attached hydrogen (secondary N) is 8. The number of aromatic nitrogens is 1. The van der Waals surface area contributed by atoms with Crippen LogP contribution in [0.5, 0.6) is 5.75 Å². The molecule has 0 bridgehead atoms. The molecule has 0 aliphatic carbocycles. The van der Waals surface area contributed by atoms with Crippen molar-refractivity contribution < 1.29 is 52.6 Å². The van der Waals surface area contributed by atoms with Gasteiger partial charge < -0.3 is 56.9 Å². The molecule has 89 heavy (non-hydrogen) atoms. The fourth-order valence-corrected chi connectivity index (χ4v) is 10.4. The zero-order valence-electron chi connectivity index (χ0n) is 54.9. The first-order chi connectivity index (χ1) is 42.1. The van der Waals surface area contributed by atoms with Crippen molar-refractivity contribution in [3.05, 3.63) is 89.7 Å². The fraction of sp³-hybridized carbons (Fsp3) is 0.618. The van der Waals surface area contributed by atoms with Crippen LogP contribution in [0.2, 0.25) is 0 Å². The molecule has 0 unspecified atom stereocenters. The Hall–Kier alpha value is -7.58. The maximum Gasteiger partial charge on any atom is 0.407 e. The maximum atomic E-state index is 14.7. The lowest BCUT2D eigenvalue weighted by Gasteiger charge is -2.27. The molecule has 1 aromatic heterocycles. The summed E-state index contributed by atoms with van der Waals surface area (Å²) < 4.78 is 11.3. The molecule has 492 valence electrons. The van der Waals surface area contributed by atoms with Gasteiger partial charge in [0.1, 0.15) is 47.2 Å². The number of aryl methyl sites for hydroxylation is 2. The summed E-state index contributed by atoms with van der Waals surface area (Å²) in [6.45, 7) is 20.9. The number of unbranched alkanes of at least 4 members (excludes halogenated alkanes) is 8. The fourth-order valence-electron chi connectivity index (χ4n) is 10.4. The second-order valence-corrected chi connectivity index (χ2v) is 26.2. The Kier molecular flexibility index (Phi) is 31.6. The van der Waals surface area contributed by atoms with E-state index in [-0.39, 0.29) is 49.3 Å². The van der Waals surface area contributed by atoms with Crippen LogP contribution in [-0.2, 0) is 62.4 Å². The summed E-state index contributed by atoms with van der Waals surface area (Å²) in [4.78, 5) is 127. The standard InChI is InChI=1S/C68H104N10O11/c1-46(2)41-55(77-65(86)58-28-24-40-78(58)48(5)79)61(82)72-45-60(81)74-54(35-32-49-25-20-19-21-26-49)62(83)76-57(43-50-30-33-53(34-31-50)88-67(6,7)8)64(85)75-56(42-47(3)4)63(84)73-52-36-37-69-51(44-52)27-22-17-15-13-12-14-16-18-23-29-59(80)70-38-39-71-66(87)89-68(9,10)11/h19-21,25-26,30-31,33-34,36-37,44,46-47,54-58H,12-18,22-24,27-29,32,35,38-43,45H2,1-11H3,(H,70,80)(H,71,87)(H,72,82)(H,74,81)(H,75,85)(H,76,83)(H,77,86)(H,69,73,84)/t54-,55-,56-,57-,58-/m0/s1. The second-order valence-electron chi connectivity index (χ2n) is 26.2. The zero-order chi connectivity index (χ0) is 65.5. The number of likely N-dealkylation sites (tertiary alicyclic amines) is 1. The number of pyridine rings is 1. The van der Waals surface area contributed by atoms with Crippen LogP contribution in [0.1, 0.15) is 189 Å². The Morgan fingerprint density at radius 1 is 0.596 bits per heavy atom. The number of nitrogens with zero attached hydrogens (tertiary/aromatic N) is 2.